The maximum Gasteiger partial charge on any atom is 0.224 e. The fraction of sp³-hybridized carbons (Fsp3) is 0.333. The van der Waals surface area contributed by atoms with E-state index in [0.29, 0.717) is 5.92 Å². The summed E-state index contributed by atoms with van der Waals surface area (Å²) in [6.07, 6.45) is 0. The maximum absolute atomic E-state index is 5.95. The van der Waals surface area contributed by atoms with E-state index in [9.17, 15) is 0 Å². The van der Waals surface area contributed by atoms with Crippen molar-refractivity contribution in [2.75, 3.05) is 5.32 Å². The van der Waals surface area contributed by atoms with E-state index >= 15 is 0 Å². The Balaban J connectivity index is 2.24. The van der Waals surface area contributed by atoms with Crippen LogP contribution in [0.1, 0.15) is 36.6 Å². The second-order valence-electron chi connectivity index (χ2n) is 4.83. The molecule has 1 aromatic heterocycles. The summed E-state index contributed by atoms with van der Waals surface area (Å²) in [5, 5.41) is 3.65. The summed E-state index contributed by atoms with van der Waals surface area (Å²) in [7, 11) is 0. The van der Waals surface area contributed by atoms with Crippen molar-refractivity contribution in [3.63, 3.8) is 0 Å². The summed E-state index contributed by atoms with van der Waals surface area (Å²) in [5.41, 5.74) is 3.27. The van der Waals surface area contributed by atoms with E-state index < -0.39 is 0 Å². The Hall–Kier alpha value is -1.61. The number of nitrogens with zero attached hydrogens (tertiary/aromatic N) is 2. The first-order valence-corrected chi connectivity index (χ1v) is 6.77. The van der Waals surface area contributed by atoms with Gasteiger partial charge in [-0.15, -0.1) is 0 Å². The van der Waals surface area contributed by atoms with Crippen LogP contribution in [-0.4, -0.2) is 9.97 Å². The third-order valence-electron chi connectivity index (χ3n) is 2.99. The molecule has 0 radical (unpaired) electrons. The van der Waals surface area contributed by atoms with Gasteiger partial charge < -0.3 is 5.32 Å². The first kappa shape index (κ1) is 13.8. The molecule has 2 rings (SSSR count). The molecule has 0 atom stereocenters. The minimum absolute atomic E-state index is 0.289. The predicted molar refractivity (Wildman–Crippen MR) is 79.6 cm³/mol. The zero-order chi connectivity index (χ0) is 13.8. The summed E-state index contributed by atoms with van der Waals surface area (Å²) >= 11 is 5.95. The zero-order valence-corrected chi connectivity index (χ0v) is 12.2. The number of rotatable bonds is 4. The number of aryl methyl sites for hydroxylation is 1. The molecule has 4 heteroatoms. The molecule has 1 heterocycles. The smallest absolute Gasteiger partial charge is 0.224 e. The fourth-order valence-electron chi connectivity index (χ4n) is 2.16. The van der Waals surface area contributed by atoms with Crippen LogP contribution < -0.4 is 5.32 Å². The minimum Gasteiger partial charge on any atom is -0.366 e. The number of nitrogens with one attached hydrogen (secondary N) is 1. The predicted octanol–water partition coefficient (Wildman–Crippen LogP) is 4.17. The largest absolute Gasteiger partial charge is 0.366 e. The van der Waals surface area contributed by atoms with Gasteiger partial charge in [0.15, 0.2) is 0 Å². The molecule has 1 N–H and O–H groups in total. The van der Waals surface area contributed by atoms with Gasteiger partial charge in [-0.1, -0.05) is 44.2 Å². The van der Waals surface area contributed by atoms with Gasteiger partial charge in [-0.3, -0.25) is 0 Å². The first-order chi connectivity index (χ1) is 9.08. The van der Waals surface area contributed by atoms with Gasteiger partial charge in [0.05, 0.1) is 0 Å². The van der Waals surface area contributed by atoms with Gasteiger partial charge in [0.25, 0.3) is 0 Å². The van der Waals surface area contributed by atoms with Crippen molar-refractivity contribution in [1.82, 2.24) is 9.97 Å². The van der Waals surface area contributed by atoms with Crippen LogP contribution in [0, 0.1) is 6.92 Å². The van der Waals surface area contributed by atoms with Crippen LogP contribution in [0.3, 0.4) is 0 Å². The molecular formula is C15H18ClN3. The molecule has 1 aromatic carbocycles. The van der Waals surface area contributed by atoms with Gasteiger partial charge in [0.2, 0.25) is 5.28 Å². The summed E-state index contributed by atoms with van der Waals surface area (Å²) in [6, 6.07) is 10.2. The second kappa shape index (κ2) is 6.02. The Bertz CT molecular complexity index is 553. The van der Waals surface area contributed by atoms with E-state index in [4.69, 9.17) is 11.6 Å². The average molecular weight is 276 g/mol. The van der Waals surface area contributed by atoms with Crippen LogP contribution in [0.15, 0.2) is 30.3 Å². The lowest BCUT2D eigenvalue weighted by Crippen LogP contribution is -2.09. The lowest BCUT2D eigenvalue weighted by Gasteiger charge is -2.16. The highest BCUT2D eigenvalue weighted by molar-refractivity contribution is 6.28. The Kier molecular flexibility index (Phi) is 4.38. The van der Waals surface area contributed by atoms with Crippen LogP contribution in [0.25, 0.3) is 0 Å². The molecule has 100 valence electrons. The lowest BCUT2D eigenvalue weighted by atomic mass is 10.0. The van der Waals surface area contributed by atoms with E-state index in [0.717, 1.165) is 23.6 Å². The number of benzene rings is 1. The highest BCUT2D eigenvalue weighted by atomic mass is 35.5. The van der Waals surface area contributed by atoms with E-state index in [2.05, 4.69) is 41.3 Å². The standard InChI is InChI=1S/C15H18ClN3/c1-10(2)13-11(3)18-15(16)19-14(13)17-9-12-7-5-4-6-8-12/h4-8,10H,9H2,1-3H3,(H,17,18,19). The average Bonchev–Trinajstić information content (AvgIpc) is 2.36. The molecule has 0 aliphatic heterocycles. The molecule has 2 aromatic rings. The van der Waals surface area contributed by atoms with Crippen LogP contribution in [0.2, 0.25) is 5.28 Å². The molecule has 0 spiro atoms. The van der Waals surface area contributed by atoms with E-state index in [-0.39, 0.29) is 5.28 Å². The van der Waals surface area contributed by atoms with Crippen LogP contribution in [0.5, 0.6) is 0 Å². The molecule has 0 saturated carbocycles. The number of hydrogen-bond donors (Lipinski definition) is 1. The summed E-state index contributed by atoms with van der Waals surface area (Å²) < 4.78 is 0. The molecule has 0 aliphatic carbocycles. The fourth-order valence-corrected chi connectivity index (χ4v) is 2.37. The maximum atomic E-state index is 5.95. The third-order valence-corrected chi connectivity index (χ3v) is 3.16. The van der Waals surface area contributed by atoms with Crippen LogP contribution in [0.4, 0.5) is 5.82 Å². The highest BCUT2D eigenvalue weighted by Gasteiger charge is 2.13. The third kappa shape index (κ3) is 3.44. The summed E-state index contributed by atoms with van der Waals surface area (Å²) in [5.74, 6) is 1.19. The summed E-state index contributed by atoms with van der Waals surface area (Å²) in [4.78, 5) is 8.54. The van der Waals surface area contributed by atoms with Gasteiger partial charge in [-0.25, -0.2) is 9.97 Å². The number of hydrogen-bond acceptors (Lipinski definition) is 3. The van der Waals surface area contributed by atoms with E-state index in [1.165, 1.54) is 5.56 Å². The van der Waals surface area contributed by atoms with Gasteiger partial charge >= 0.3 is 0 Å². The van der Waals surface area contributed by atoms with Crippen molar-refractivity contribution in [2.45, 2.75) is 33.2 Å². The Morgan fingerprint density at radius 1 is 1.16 bits per heavy atom. The first-order valence-electron chi connectivity index (χ1n) is 6.39. The van der Waals surface area contributed by atoms with Crippen molar-refractivity contribution in [1.29, 1.82) is 0 Å². The summed E-state index contributed by atoms with van der Waals surface area (Å²) in [6.45, 7) is 6.96. The molecule has 0 saturated heterocycles. The molecule has 0 aliphatic rings. The zero-order valence-electron chi connectivity index (χ0n) is 11.4. The molecule has 0 fully saturated rings. The Labute approximate surface area is 119 Å². The van der Waals surface area contributed by atoms with Gasteiger partial charge in [0.1, 0.15) is 5.82 Å². The Morgan fingerprint density at radius 3 is 2.47 bits per heavy atom. The minimum atomic E-state index is 0.289. The number of aromatic nitrogens is 2. The monoisotopic (exact) mass is 275 g/mol. The van der Waals surface area contributed by atoms with Crippen molar-refractivity contribution in [3.05, 3.63) is 52.4 Å². The second-order valence-corrected chi connectivity index (χ2v) is 5.17. The topological polar surface area (TPSA) is 37.8 Å². The highest BCUT2D eigenvalue weighted by Crippen LogP contribution is 2.26. The van der Waals surface area contributed by atoms with Crippen molar-refractivity contribution in [2.24, 2.45) is 0 Å². The van der Waals surface area contributed by atoms with Crippen molar-refractivity contribution in [3.8, 4) is 0 Å². The number of anilines is 1. The van der Waals surface area contributed by atoms with E-state index in [1.807, 2.05) is 25.1 Å². The molecule has 0 amide bonds. The van der Waals surface area contributed by atoms with Crippen LogP contribution >= 0.6 is 11.6 Å². The number of halogens is 1. The van der Waals surface area contributed by atoms with E-state index in [1.54, 1.807) is 0 Å². The molecule has 0 unspecified atom stereocenters. The molecule has 19 heavy (non-hydrogen) atoms. The molecular weight excluding hydrogens is 258 g/mol. The SMILES string of the molecule is Cc1nc(Cl)nc(NCc2ccccc2)c1C(C)C. The van der Waals surface area contributed by atoms with Crippen molar-refractivity contribution < 1.29 is 0 Å². The lowest BCUT2D eigenvalue weighted by molar-refractivity contribution is 0.828. The van der Waals surface area contributed by atoms with Gasteiger partial charge in [0, 0.05) is 17.8 Å². The van der Waals surface area contributed by atoms with Gasteiger partial charge in [-0.2, -0.15) is 0 Å². The van der Waals surface area contributed by atoms with Crippen molar-refractivity contribution >= 4 is 17.4 Å². The van der Waals surface area contributed by atoms with Crippen LogP contribution in [-0.2, 0) is 6.54 Å². The molecule has 0 bridgehead atoms. The quantitative estimate of drug-likeness (QED) is 0.851. The van der Waals surface area contributed by atoms with Gasteiger partial charge in [-0.05, 0) is 30.0 Å². The normalized spacial score (nSPS) is 10.8. The Morgan fingerprint density at radius 2 is 1.84 bits per heavy atom. The molecule has 3 nitrogen and oxygen atoms in total.